The summed E-state index contributed by atoms with van der Waals surface area (Å²) in [6, 6.07) is 0. The Kier molecular flexibility index (Phi) is 5.00. The van der Waals surface area contributed by atoms with Gasteiger partial charge in [0.2, 0.25) is 0 Å². The maximum absolute atomic E-state index is 16.9. The molecule has 0 unspecified atom stereocenters. The quantitative estimate of drug-likeness (QED) is 0.704. The van der Waals surface area contributed by atoms with Crippen molar-refractivity contribution in [2.45, 2.75) is 77.2 Å². The topological polar surface area (TPSA) is 80.7 Å². The lowest BCUT2D eigenvalue weighted by Crippen LogP contribution is -2.69. The second-order valence-electron chi connectivity index (χ2n) is 10.2. The van der Waals surface area contributed by atoms with Crippen molar-refractivity contribution in [3.05, 3.63) is 11.6 Å². The highest BCUT2D eigenvalue weighted by atomic mass is 19.1. The molecular formula is C23H30F2O5. The zero-order chi connectivity index (χ0) is 22.1. The van der Waals surface area contributed by atoms with Crippen LogP contribution in [0.5, 0.6) is 0 Å². The summed E-state index contributed by atoms with van der Waals surface area (Å²) in [6.45, 7) is 4.43. The number of hydrogen-bond donors (Lipinski definition) is 1. The molecule has 4 aliphatic carbocycles. The van der Waals surface area contributed by atoms with Gasteiger partial charge in [-0.15, -0.1) is 0 Å². The van der Waals surface area contributed by atoms with Crippen molar-refractivity contribution in [1.82, 2.24) is 0 Å². The van der Waals surface area contributed by atoms with Gasteiger partial charge in [-0.3, -0.25) is 14.4 Å². The van der Waals surface area contributed by atoms with Crippen molar-refractivity contribution >= 4 is 17.5 Å². The Morgan fingerprint density at radius 2 is 1.97 bits per heavy atom. The molecule has 3 fully saturated rings. The fourth-order valence-electron chi connectivity index (χ4n) is 7.36. The van der Waals surface area contributed by atoms with Crippen molar-refractivity contribution in [3.8, 4) is 0 Å². The summed E-state index contributed by atoms with van der Waals surface area (Å²) < 4.78 is 37.0. The molecular weight excluding hydrogens is 394 g/mol. The molecule has 5 nitrogen and oxygen atoms in total. The van der Waals surface area contributed by atoms with Gasteiger partial charge in [0.1, 0.15) is 18.4 Å². The van der Waals surface area contributed by atoms with Crippen molar-refractivity contribution in [3.63, 3.8) is 0 Å². The molecule has 0 saturated heterocycles. The number of fused-ring (bicyclic) bond motifs is 5. The Balaban J connectivity index is 1.70. The number of allylic oxidation sites excluding steroid dienone is 1. The average molecular weight is 424 g/mol. The molecule has 4 aliphatic rings. The van der Waals surface area contributed by atoms with Crippen LogP contribution >= 0.6 is 0 Å². The summed E-state index contributed by atoms with van der Waals surface area (Å²) in [5.41, 5.74) is -3.77. The average Bonchev–Trinajstić information content (AvgIpc) is 3.00. The predicted molar refractivity (Wildman–Crippen MR) is 104 cm³/mol. The number of carbonyl (C=O) groups is 3. The highest BCUT2D eigenvalue weighted by molar-refractivity contribution is 5.92. The summed E-state index contributed by atoms with van der Waals surface area (Å²) in [5, 5.41) is 11.1. The largest absolute Gasteiger partial charge is 0.458 e. The smallest absolute Gasteiger partial charge is 0.303 e. The summed E-state index contributed by atoms with van der Waals surface area (Å²) in [5.74, 6) is -2.41. The van der Waals surface area contributed by atoms with Gasteiger partial charge in [0.25, 0.3) is 0 Å². The number of rotatable bonds is 3. The highest BCUT2D eigenvalue weighted by Gasteiger charge is 2.72. The number of ether oxygens (including phenoxy) is 1. The first-order valence-electron chi connectivity index (χ1n) is 10.9. The monoisotopic (exact) mass is 424 g/mol. The molecule has 0 aliphatic heterocycles. The number of aliphatic hydroxyl groups is 1. The number of ketones is 2. The van der Waals surface area contributed by atoms with Crippen LogP contribution in [0.2, 0.25) is 0 Å². The number of esters is 1. The molecule has 0 radical (unpaired) electrons. The van der Waals surface area contributed by atoms with Gasteiger partial charge in [-0.25, -0.2) is 8.78 Å². The summed E-state index contributed by atoms with van der Waals surface area (Å²) in [6.07, 6.45) is -0.136. The van der Waals surface area contributed by atoms with E-state index < -0.39 is 46.6 Å². The van der Waals surface area contributed by atoms with E-state index in [0.29, 0.717) is 12.8 Å². The molecule has 0 aromatic carbocycles. The Bertz CT molecular complexity index is 824. The first kappa shape index (κ1) is 21.6. The Morgan fingerprint density at radius 1 is 1.27 bits per heavy atom. The van der Waals surface area contributed by atoms with E-state index in [-0.39, 0.29) is 55.3 Å². The maximum atomic E-state index is 16.9. The third-order valence-corrected chi connectivity index (χ3v) is 8.83. The van der Waals surface area contributed by atoms with Gasteiger partial charge in [0.05, 0.1) is 6.10 Å². The minimum absolute atomic E-state index is 0.0899. The lowest BCUT2D eigenvalue weighted by molar-refractivity contribution is -0.215. The summed E-state index contributed by atoms with van der Waals surface area (Å²) in [4.78, 5) is 35.8. The second kappa shape index (κ2) is 6.94. The summed E-state index contributed by atoms with van der Waals surface area (Å²) in [7, 11) is 0. The molecule has 0 spiro atoms. The van der Waals surface area contributed by atoms with Crippen LogP contribution in [0.1, 0.15) is 59.3 Å². The zero-order valence-electron chi connectivity index (χ0n) is 17.7. The van der Waals surface area contributed by atoms with Crippen molar-refractivity contribution in [2.75, 3.05) is 6.61 Å². The predicted octanol–water partition coefficient (Wildman–Crippen LogP) is 3.28. The van der Waals surface area contributed by atoms with E-state index in [1.807, 2.05) is 6.92 Å². The Morgan fingerprint density at radius 3 is 2.63 bits per heavy atom. The number of carbonyl (C=O) groups excluding carboxylic acids is 3. The van der Waals surface area contributed by atoms with Crippen LogP contribution in [-0.2, 0) is 19.1 Å². The van der Waals surface area contributed by atoms with Crippen LogP contribution in [-0.4, -0.2) is 47.2 Å². The minimum Gasteiger partial charge on any atom is -0.458 e. The Labute approximate surface area is 175 Å². The number of hydrogen-bond acceptors (Lipinski definition) is 5. The van der Waals surface area contributed by atoms with Crippen LogP contribution in [0, 0.1) is 28.6 Å². The van der Waals surface area contributed by atoms with Crippen molar-refractivity contribution < 1.29 is 33.0 Å². The highest BCUT2D eigenvalue weighted by Crippen LogP contribution is 2.69. The third kappa shape index (κ3) is 2.76. The van der Waals surface area contributed by atoms with Gasteiger partial charge in [0.15, 0.2) is 11.6 Å². The fraction of sp³-hybridized carbons (Fsp3) is 0.783. The molecule has 0 aromatic rings. The standard InChI is InChI=1S/C23H30F2O5/c1-12(26)30-11-19(28)15-5-4-14-16-9-18(24)17-8-13(27)6-7-22(17,3)23(16,25)20(29)10-21(14,15)2/h8,14-16,18,20,29H,4-7,9-11H2,1-3H3/t14-,15+,16-,18-,20+,21-,22-,23-/m0/s1. The molecule has 7 heteroatoms. The molecule has 0 aromatic heterocycles. The number of alkyl halides is 2. The molecule has 30 heavy (non-hydrogen) atoms. The van der Waals surface area contributed by atoms with E-state index in [9.17, 15) is 19.5 Å². The third-order valence-electron chi connectivity index (χ3n) is 8.83. The molecule has 4 rings (SSSR count). The van der Waals surface area contributed by atoms with Crippen LogP contribution in [0.15, 0.2) is 11.6 Å². The number of aliphatic hydroxyl groups excluding tert-OH is 1. The molecule has 166 valence electrons. The van der Waals surface area contributed by atoms with Gasteiger partial charge in [-0.05, 0) is 55.1 Å². The molecule has 0 bridgehead atoms. The number of Topliss-reactive ketones (excluding diaryl/α,β-unsaturated/α-hetero) is 1. The minimum atomic E-state index is -2.04. The van der Waals surface area contributed by atoms with E-state index in [2.05, 4.69) is 0 Å². The fourth-order valence-corrected chi connectivity index (χ4v) is 7.36. The van der Waals surface area contributed by atoms with Gasteiger partial charge in [-0.2, -0.15) is 0 Å². The normalized spacial score (nSPS) is 47.6. The Hall–Kier alpha value is -1.63. The molecule has 3 saturated carbocycles. The molecule has 0 heterocycles. The van der Waals surface area contributed by atoms with E-state index in [0.717, 1.165) is 0 Å². The van der Waals surface area contributed by atoms with E-state index >= 15 is 8.78 Å². The van der Waals surface area contributed by atoms with E-state index in [4.69, 9.17) is 4.74 Å². The van der Waals surface area contributed by atoms with Crippen molar-refractivity contribution in [2.24, 2.45) is 28.6 Å². The van der Waals surface area contributed by atoms with Gasteiger partial charge in [0, 0.05) is 30.6 Å². The first-order chi connectivity index (χ1) is 13.9. The lowest BCUT2D eigenvalue weighted by atomic mass is 9.44. The van der Waals surface area contributed by atoms with Crippen LogP contribution in [0.4, 0.5) is 8.78 Å². The second-order valence-corrected chi connectivity index (χ2v) is 10.2. The van der Waals surface area contributed by atoms with Gasteiger partial charge < -0.3 is 9.84 Å². The summed E-state index contributed by atoms with van der Waals surface area (Å²) >= 11 is 0. The van der Waals surface area contributed by atoms with E-state index in [1.165, 1.54) is 13.0 Å². The number of halogens is 2. The van der Waals surface area contributed by atoms with Crippen LogP contribution < -0.4 is 0 Å². The molecule has 1 N–H and O–H groups in total. The van der Waals surface area contributed by atoms with Crippen LogP contribution in [0.25, 0.3) is 0 Å². The SMILES string of the molecule is CC(=O)OCC(=O)[C@H]1CC[C@H]2[C@@H]3C[C@H](F)C4=CC(=O)CC[C@]4(C)[C@@]3(F)[C@H](O)C[C@]12C. The zero-order valence-corrected chi connectivity index (χ0v) is 17.7. The van der Waals surface area contributed by atoms with Gasteiger partial charge in [-0.1, -0.05) is 13.8 Å². The first-order valence-corrected chi connectivity index (χ1v) is 10.9. The van der Waals surface area contributed by atoms with E-state index in [1.54, 1.807) is 6.92 Å². The molecule has 0 amide bonds. The lowest BCUT2D eigenvalue weighted by Gasteiger charge is -2.63. The maximum Gasteiger partial charge on any atom is 0.303 e. The van der Waals surface area contributed by atoms with Gasteiger partial charge >= 0.3 is 5.97 Å². The molecule has 8 atom stereocenters. The van der Waals surface area contributed by atoms with Crippen molar-refractivity contribution in [1.29, 1.82) is 0 Å². The van der Waals surface area contributed by atoms with Crippen LogP contribution in [0.3, 0.4) is 0 Å².